The van der Waals surface area contributed by atoms with Crippen LogP contribution < -0.4 is 0 Å². The van der Waals surface area contributed by atoms with Crippen molar-refractivity contribution < 1.29 is 19.7 Å². The third-order valence-corrected chi connectivity index (χ3v) is 3.37. The highest BCUT2D eigenvalue weighted by Gasteiger charge is 2.73. The van der Waals surface area contributed by atoms with Gasteiger partial charge in [-0.15, -0.1) is 0 Å². The van der Waals surface area contributed by atoms with Crippen LogP contribution in [0.3, 0.4) is 0 Å². The number of aliphatic hydroxyl groups excluding tert-OH is 1. The fourth-order valence-corrected chi connectivity index (χ4v) is 2.67. The molecule has 0 radical (unpaired) electrons. The van der Waals surface area contributed by atoms with Crippen molar-refractivity contribution in [1.82, 2.24) is 0 Å². The van der Waals surface area contributed by atoms with Crippen LogP contribution in [-0.2, 0) is 9.47 Å². The summed E-state index contributed by atoms with van der Waals surface area (Å²) in [6.07, 6.45) is -1.69. The lowest BCUT2D eigenvalue weighted by atomic mass is 9.64. The zero-order chi connectivity index (χ0) is 9.92. The largest absolute Gasteiger partial charge is 0.387 e. The van der Waals surface area contributed by atoms with Gasteiger partial charge < -0.3 is 19.7 Å². The van der Waals surface area contributed by atoms with Crippen LogP contribution >= 0.6 is 0 Å². The fourth-order valence-electron chi connectivity index (χ4n) is 2.67. The lowest BCUT2D eigenvalue weighted by molar-refractivity contribution is -0.368. The van der Waals surface area contributed by atoms with Crippen molar-refractivity contribution in [2.45, 2.75) is 24.2 Å². The summed E-state index contributed by atoms with van der Waals surface area (Å²) in [7, 11) is 0. The number of fused-ring (bicyclic) bond motifs is 1. The molecule has 2 N–H and O–H groups in total. The number of hydrogen-bond donors (Lipinski definition) is 2. The smallest absolute Gasteiger partial charge is 0.187 e. The summed E-state index contributed by atoms with van der Waals surface area (Å²) >= 11 is 0. The highest BCUT2D eigenvalue weighted by molar-refractivity contribution is 5.16. The average Bonchev–Trinajstić information content (AvgIpc) is 2.25. The molecule has 3 fully saturated rings. The van der Waals surface area contributed by atoms with Gasteiger partial charge in [0, 0.05) is 10.8 Å². The van der Waals surface area contributed by atoms with Gasteiger partial charge in [-0.05, 0) is 5.53 Å². The van der Waals surface area contributed by atoms with Gasteiger partial charge in [0.2, 0.25) is 0 Å². The number of azide groups is 1. The zero-order valence-electron chi connectivity index (χ0n) is 7.15. The Bertz CT molecular complexity index is 331. The van der Waals surface area contributed by atoms with Crippen molar-refractivity contribution in [3.05, 3.63) is 10.4 Å². The summed E-state index contributed by atoms with van der Waals surface area (Å²) in [5.74, 6) is -2.24. The van der Waals surface area contributed by atoms with E-state index in [9.17, 15) is 10.2 Å². The van der Waals surface area contributed by atoms with Crippen LogP contribution in [0.4, 0.5) is 0 Å². The molecule has 0 aromatic heterocycles. The van der Waals surface area contributed by atoms with E-state index in [1.54, 1.807) is 0 Å². The fraction of sp³-hybridized carbons (Fsp3) is 1.00. The predicted molar refractivity (Wildman–Crippen MR) is 41.7 cm³/mol. The minimum absolute atomic E-state index is 0.262. The van der Waals surface area contributed by atoms with E-state index in [2.05, 4.69) is 10.0 Å². The van der Waals surface area contributed by atoms with Crippen molar-refractivity contribution in [1.29, 1.82) is 0 Å². The second kappa shape index (κ2) is 2.39. The Morgan fingerprint density at radius 3 is 3.07 bits per heavy atom. The maximum absolute atomic E-state index is 9.96. The Labute approximate surface area is 78.9 Å². The lowest BCUT2D eigenvalue weighted by Gasteiger charge is -2.52. The predicted octanol–water partition coefficient (Wildman–Crippen LogP) is -0.653. The second-order valence-corrected chi connectivity index (χ2v) is 3.89. The molecule has 14 heavy (non-hydrogen) atoms. The summed E-state index contributed by atoms with van der Waals surface area (Å²) in [5, 5.41) is 23.2. The lowest BCUT2D eigenvalue weighted by Crippen LogP contribution is -2.66. The van der Waals surface area contributed by atoms with Gasteiger partial charge in [0.1, 0.15) is 6.10 Å². The van der Waals surface area contributed by atoms with Crippen molar-refractivity contribution in [3.8, 4) is 0 Å². The molecule has 1 saturated carbocycles. The van der Waals surface area contributed by atoms with Crippen LogP contribution in [0, 0.1) is 11.8 Å². The third kappa shape index (κ3) is 0.713. The number of rotatable bonds is 1. The Morgan fingerprint density at radius 2 is 2.36 bits per heavy atom. The Kier molecular flexibility index (Phi) is 1.44. The first-order valence-corrected chi connectivity index (χ1v) is 4.42. The quantitative estimate of drug-likeness (QED) is 0.332. The summed E-state index contributed by atoms with van der Waals surface area (Å²) in [5.41, 5.74) is 8.33. The van der Waals surface area contributed by atoms with Crippen molar-refractivity contribution >= 4 is 0 Å². The van der Waals surface area contributed by atoms with E-state index in [4.69, 9.17) is 15.0 Å². The van der Waals surface area contributed by atoms with Crippen LogP contribution in [0.5, 0.6) is 0 Å². The molecule has 0 aromatic carbocycles. The first kappa shape index (κ1) is 8.46. The minimum atomic E-state index is -1.35. The van der Waals surface area contributed by atoms with E-state index in [-0.39, 0.29) is 12.5 Å². The first-order valence-electron chi connectivity index (χ1n) is 4.42. The number of hydrogen-bond acceptors (Lipinski definition) is 5. The number of nitrogens with zero attached hydrogens (tertiary/aromatic N) is 3. The molecule has 2 heterocycles. The van der Waals surface area contributed by atoms with Crippen molar-refractivity contribution in [2.75, 3.05) is 6.61 Å². The molecule has 2 aliphatic heterocycles. The molecular weight excluding hydrogens is 190 g/mol. The van der Waals surface area contributed by atoms with E-state index in [0.29, 0.717) is 0 Å². The Morgan fingerprint density at radius 1 is 1.57 bits per heavy atom. The number of aliphatic hydroxyl groups is 2. The second-order valence-electron chi connectivity index (χ2n) is 3.89. The van der Waals surface area contributed by atoms with Crippen LogP contribution in [0.25, 0.3) is 10.4 Å². The molecule has 1 aliphatic carbocycles. The SMILES string of the molecule is [N-]=[N+]=NC1C2CO[C@@H]3OC2(O)C1C3O. The number of ether oxygens (including phenoxy) is 2. The molecule has 3 aliphatic rings. The van der Waals surface area contributed by atoms with Crippen molar-refractivity contribution in [3.63, 3.8) is 0 Å². The summed E-state index contributed by atoms with van der Waals surface area (Å²) in [6, 6.07) is -0.424. The normalized spacial score (nSPS) is 58.9. The molecule has 0 aromatic rings. The molecule has 2 bridgehead atoms. The zero-order valence-corrected chi connectivity index (χ0v) is 7.15. The highest BCUT2D eigenvalue weighted by Crippen LogP contribution is 2.57. The van der Waals surface area contributed by atoms with E-state index >= 15 is 0 Å². The molecular formula is C7H9N3O4. The van der Waals surface area contributed by atoms with Gasteiger partial charge in [-0.2, -0.15) is 0 Å². The minimum Gasteiger partial charge on any atom is -0.387 e. The molecule has 5 unspecified atom stereocenters. The summed E-state index contributed by atoms with van der Waals surface area (Å²) in [6.45, 7) is 0.262. The van der Waals surface area contributed by atoms with E-state index in [1.807, 2.05) is 0 Å². The van der Waals surface area contributed by atoms with Crippen LogP contribution in [0.1, 0.15) is 0 Å². The van der Waals surface area contributed by atoms with E-state index in [0.717, 1.165) is 0 Å². The highest BCUT2D eigenvalue weighted by atomic mass is 16.8. The van der Waals surface area contributed by atoms with Crippen LogP contribution in [0.15, 0.2) is 5.11 Å². The molecule has 7 heteroatoms. The Hall–Kier alpha value is -0.850. The average molecular weight is 199 g/mol. The monoisotopic (exact) mass is 199 g/mol. The third-order valence-electron chi connectivity index (χ3n) is 3.37. The molecule has 3 rings (SSSR count). The standard InChI is InChI=1S/C7H9N3O4/c8-10-9-4-2-1-13-6-5(11)3(4)7(2,12)14-6/h2-6,11-12H,1H2/t2?,3?,4?,5?,6-,7?/m1/s1. The van der Waals surface area contributed by atoms with Gasteiger partial charge in [0.25, 0.3) is 0 Å². The Balaban J connectivity index is 1.99. The van der Waals surface area contributed by atoms with Gasteiger partial charge in [0.05, 0.1) is 18.6 Å². The molecule has 2 saturated heterocycles. The van der Waals surface area contributed by atoms with Gasteiger partial charge >= 0.3 is 0 Å². The van der Waals surface area contributed by atoms with Gasteiger partial charge in [-0.1, -0.05) is 5.11 Å². The molecule has 7 nitrogen and oxygen atoms in total. The van der Waals surface area contributed by atoms with Gasteiger partial charge in [-0.3, -0.25) is 0 Å². The summed E-state index contributed by atoms with van der Waals surface area (Å²) in [4.78, 5) is 2.69. The van der Waals surface area contributed by atoms with Crippen LogP contribution in [0.2, 0.25) is 0 Å². The van der Waals surface area contributed by atoms with E-state index < -0.39 is 30.1 Å². The maximum Gasteiger partial charge on any atom is 0.187 e. The molecule has 6 atom stereocenters. The maximum atomic E-state index is 9.96. The summed E-state index contributed by atoms with van der Waals surface area (Å²) < 4.78 is 10.3. The molecule has 0 amide bonds. The van der Waals surface area contributed by atoms with Crippen LogP contribution in [-0.4, -0.2) is 41.0 Å². The topological polar surface area (TPSA) is 108 Å². The first-order chi connectivity index (χ1) is 6.68. The van der Waals surface area contributed by atoms with Gasteiger partial charge in [-0.25, -0.2) is 0 Å². The van der Waals surface area contributed by atoms with Crippen molar-refractivity contribution in [2.24, 2.45) is 17.0 Å². The molecule has 0 spiro atoms. The van der Waals surface area contributed by atoms with E-state index in [1.165, 1.54) is 0 Å². The molecule has 76 valence electrons. The van der Waals surface area contributed by atoms with Gasteiger partial charge in [0.15, 0.2) is 12.1 Å².